The van der Waals surface area contributed by atoms with E-state index in [1.54, 1.807) is 0 Å². The molecule has 0 spiro atoms. The summed E-state index contributed by atoms with van der Waals surface area (Å²) >= 11 is 0. The van der Waals surface area contributed by atoms with Crippen LogP contribution in [0.5, 0.6) is 0 Å². The Labute approximate surface area is 148 Å². The first-order valence-corrected chi connectivity index (χ1v) is 10.3. The molecule has 8 atom stereocenters. The van der Waals surface area contributed by atoms with Gasteiger partial charge in [-0.05, 0) is 91.8 Å². The minimum Gasteiger partial charge on any atom is -0.516 e. The van der Waals surface area contributed by atoms with Gasteiger partial charge in [0.2, 0.25) is 0 Å². The van der Waals surface area contributed by atoms with Crippen LogP contribution in [0.25, 0.3) is 0 Å². The summed E-state index contributed by atoms with van der Waals surface area (Å²) in [6, 6.07) is 0. The fourth-order valence-corrected chi connectivity index (χ4v) is 7.44. The second kappa shape index (κ2) is 6.67. The molecule has 0 radical (unpaired) electrons. The third-order valence-electron chi connectivity index (χ3n) is 8.88. The van der Waals surface area contributed by atoms with Crippen LogP contribution in [0.1, 0.15) is 78.6 Å². The van der Waals surface area contributed by atoms with Gasteiger partial charge in [-0.25, -0.2) is 0 Å². The van der Waals surface area contributed by atoms with Gasteiger partial charge in [-0.1, -0.05) is 33.8 Å². The summed E-state index contributed by atoms with van der Waals surface area (Å²) in [6.45, 7) is 10.4. The van der Waals surface area contributed by atoms with Crippen molar-refractivity contribution < 1.29 is 10.2 Å². The van der Waals surface area contributed by atoms with Gasteiger partial charge in [0.15, 0.2) is 0 Å². The SMILES string of the molecule is C=CO.C[C@H]1CC[C@]2(C)C3CC[C@]4(C)C(O)CCC4C3CC[C@@H]2C1. The lowest BCUT2D eigenvalue weighted by Gasteiger charge is -2.60. The first-order valence-electron chi connectivity index (χ1n) is 10.3. The van der Waals surface area contributed by atoms with Crippen LogP contribution in [0.15, 0.2) is 12.8 Å². The summed E-state index contributed by atoms with van der Waals surface area (Å²) < 4.78 is 0. The molecule has 0 amide bonds. The Kier molecular flexibility index (Phi) is 5.08. The van der Waals surface area contributed by atoms with Crippen LogP contribution in [0.3, 0.4) is 0 Å². The normalized spacial score (nSPS) is 53.0. The van der Waals surface area contributed by atoms with Crippen molar-refractivity contribution in [3.05, 3.63) is 12.8 Å². The monoisotopic (exact) mass is 334 g/mol. The van der Waals surface area contributed by atoms with Gasteiger partial charge in [0.25, 0.3) is 0 Å². The Bertz CT molecular complexity index is 461. The van der Waals surface area contributed by atoms with Crippen molar-refractivity contribution in [1.29, 1.82) is 0 Å². The molecule has 4 aliphatic carbocycles. The molecule has 2 heteroatoms. The molecule has 4 aliphatic rings. The van der Waals surface area contributed by atoms with Crippen molar-refractivity contribution in [2.24, 2.45) is 40.4 Å². The number of hydrogen-bond donors (Lipinski definition) is 2. The second-order valence-corrected chi connectivity index (χ2v) is 9.86. The molecule has 0 aliphatic heterocycles. The van der Waals surface area contributed by atoms with Crippen LogP contribution in [0.4, 0.5) is 0 Å². The van der Waals surface area contributed by atoms with E-state index in [1.807, 2.05) is 0 Å². The topological polar surface area (TPSA) is 40.5 Å². The summed E-state index contributed by atoms with van der Waals surface area (Å²) in [5.74, 6) is 4.67. The third kappa shape index (κ3) is 2.73. The van der Waals surface area contributed by atoms with Crippen molar-refractivity contribution >= 4 is 0 Å². The largest absolute Gasteiger partial charge is 0.516 e. The van der Waals surface area contributed by atoms with E-state index >= 15 is 0 Å². The quantitative estimate of drug-likeness (QED) is 0.557. The number of aliphatic hydroxyl groups is 2. The number of aliphatic hydroxyl groups excluding tert-OH is 2. The van der Waals surface area contributed by atoms with E-state index in [4.69, 9.17) is 5.11 Å². The van der Waals surface area contributed by atoms with Gasteiger partial charge in [0, 0.05) is 0 Å². The first-order chi connectivity index (χ1) is 11.4. The molecule has 2 nitrogen and oxygen atoms in total. The molecule has 4 unspecified atom stereocenters. The minimum absolute atomic E-state index is 0.0136. The van der Waals surface area contributed by atoms with Crippen LogP contribution < -0.4 is 0 Å². The fraction of sp³-hybridized carbons (Fsp3) is 0.909. The maximum Gasteiger partial charge on any atom is 0.0719 e. The van der Waals surface area contributed by atoms with Gasteiger partial charge >= 0.3 is 0 Å². The zero-order valence-electron chi connectivity index (χ0n) is 16.0. The number of fused-ring (bicyclic) bond motifs is 5. The van der Waals surface area contributed by atoms with E-state index in [9.17, 15) is 5.11 Å². The molecular formula is C22H38O2. The fourth-order valence-electron chi connectivity index (χ4n) is 7.44. The molecule has 24 heavy (non-hydrogen) atoms. The Morgan fingerprint density at radius 3 is 2.25 bits per heavy atom. The molecular weight excluding hydrogens is 296 g/mol. The Morgan fingerprint density at radius 2 is 1.54 bits per heavy atom. The highest BCUT2D eigenvalue weighted by Gasteiger charge is 2.59. The molecule has 4 fully saturated rings. The minimum atomic E-state index is -0.0136. The standard InChI is InChI=1S/C20H34O.C2H4O/c1-13-8-10-19(2)14(12-13)4-5-15-16-6-7-18(21)20(16,3)11-9-17(15)19;1-2-3/h13-18,21H,4-12H2,1-3H3;2-3H,1H2/t13-,14+,15?,16?,17?,18?,19-,20-;/m0./s1. The highest BCUT2D eigenvalue weighted by Crippen LogP contribution is 2.66. The van der Waals surface area contributed by atoms with E-state index in [2.05, 4.69) is 27.4 Å². The molecule has 0 saturated heterocycles. The predicted octanol–water partition coefficient (Wildman–Crippen LogP) is 5.71. The molecule has 0 aromatic rings. The maximum atomic E-state index is 10.5. The van der Waals surface area contributed by atoms with E-state index < -0.39 is 0 Å². The van der Waals surface area contributed by atoms with Crippen LogP contribution >= 0.6 is 0 Å². The van der Waals surface area contributed by atoms with Crippen molar-refractivity contribution in [3.63, 3.8) is 0 Å². The first kappa shape index (κ1) is 18.3. The van der Waals surface area contributed by atoms with E-state index in [0.29, 0.717) is 5.41 Å². The lowest BCUT2D eigenvalue weighted by molar-refractivity contribution is -0.125. The molecule has 4 rings (SSSR count). The Morgan fingerprint density at radius 1 is 0.917 bits per heavy atom. The third-order valence-corrected chi connectivity index (χ3v) is 8.88. The highest BCUT2D eigenvalue weighted by molar-refractivity contribution is 5.09. The second-order valence-electron chi connectivity index (χ2n) is 9.86. The van der Waals surface area contributed by atoms with Crippen molar-refractivity contribution in [3.8, 4) is 0 Å². The molecule has 4 saturated carbocycles. The Balaban J connectivity index is 0.000000526. The van der Waals surface area contributed by atoms with Gasteiger partial charge in [-0.3, -0.25) is 0 Å². The van der Waals surface area contributed by atoms with Crippen molar-refractivity contribution in [2.45, 2.75) is 84.7 Å². The summed E-state index contributed by atoms with van der Waals surface area (Å²) in [5.41, 5.74) is 0.886. The van der Waals surface area contributed by atoms with Gasteiger partial charge < -0.3 is 10.2 Å². The van der Waals surface area contributed by atoms with Crippen LogP contribution in [-0.2, 0) is 0 Å². The average molecular weight is 335 g/mol. The van der Waals surface area contributed by atoms with Crippen molar-refractivity contribution in [1.82, 2.24) is 0 Å². The number of rotatable bonds is 0. The summed E-state index contributed by atoms with van der Waals surface area (Å²) in [4.78, 5) is 0. The maximum absolute atomic E-state index is 10.5. The predicted molar refractivity (Wildman–Crippen MR) is 99.7 cm³/mol. The van der Waals surface area contributed by atoms with Crippen LogP contribution in [0, 0.1) is 40.4 Å². The van der Waals surface area contributed by atoms with E-state index in [0.717, 1.165) is 42.3 Å². The van der Waals surface area contributed by atoms with Gasteiger partial charge in [-0.2, -0.15) is 0 Å². The molecule has 138 valence electrons. The van der Waals surface area contributed by atoms with Gasteiger partial charge in [0.05, 0.1) is 12.4 Å². The molecule has 0 bridgehead atoms. The summed E-state index contributed by atoms with van der Waals surface area (Å²) in [6.07, 6.45) is 13.2. The molecule has 0 heterocycles. The molecule has 0 aromatic carbocycles. The Hall–Kier alpha value is -0.500. The van der Waals surface area contributed by atoms with E-state index in [-0.39, 0.29) is 11.5 Å². The molecule has 2 N–H and O–H groups in total. The summed E-state index contributed by atoms with van der Waals surface area (Å²) in [7, 11) is 0. The van der Waals surface area contributed by atoms with Gasteiger partial charge in [-0.15, -0.1) is 0 Å². The summed E-state index contributed by atoms with van der Waals surface area (Å²) in [5, 5.41) is 17.8. The zero-order chi connectivity index (χ0) is 17.5. The zero-order valence-corrected chi connectivity index (χ0v) is 16.0. The van der Waals surface area contributed by atoms with E-state index in [1.165, 1.54) is 51.4 Å². The van der Waals surface area contributed by atoms with Gasteiger partial charge in [0.1, 0.15) is 0 Å². The lowest BCUT2D eigenvalue weighted by atomic mass is 9.44. The smallest absolute Gasteiger partial charge is 0.0719 e. The van der Waals surface area contributed by atoms with Crippen molar-refractivity contribution in [2.75, 3.05) is 0 Å². The van der Waals surface area contributed by atoms with Crippen LogP contribution in [-0.4, -0.2) is 16.3 Å². The molecule has 0 aromatic heterocycles. The van der Waals surface area contributed by atoms with Crippen LogP contribution in [0.2, 0.25) is 0 Å². The lowest BCUT2D eigenvalue weighted by Crippen LogP contribution is -2.53. The highest BCUT2D eigenvalue weighted by atomic mass is 16.3. The average Bonchev–Trinajstić information content (AvgIpc) is 2.84. The number of hydrogen-bond acceptors (Lipinski definition) is 2.